The van der Waals surface area contributed by atoms with Gasteiger partial charge >= 0.3 is 7.82 Å². The van der Waals surface area contributed by atoms with Crippen molar-refractivity contribution in [3.63, 3.8) is 0 Å². The summed E-state index contributed by atoms with van der Waals surface area (Å²) in [7, 11) is 0.606. The minimum absolute atomic E-state index is 0.0757. The number of rotatable bonds is 19. The summed E-state index contributed by atoms with van der Waals surface area (Å²) in [6.07, 6.45) is 0.915. The molecule has 54 heavy (non-hydrogen) atoms. The largest absolute Gasteiger partial charge is 0.589 e. The molecule has 0 aliphatic rings. The van der Waals surface area contributed by atoms with Crippen molar-refractivity contribution in [1.29, 1.82) is 0 Å². The Kier molecular flexibility index (Phi) is 17.8. The maximum absolute atomic E-state index is 14.5. The molecule has 0 fully saturated rings. The molecule has 0 spiro atoms. The first-order chi connectivity index (χ1) is 25.7. The van der Waals surface area contributed by atoms with E-state index < -0.39 is 20.7 Å². The Labute approximate surface area is 354 Å². The number of phosphoric acid groups is 1. The van der Waals surface area contributed by atoms with Crippen LogP contribution < -0.4 is 9.47 Å². The van der Waals surface area contributed by atoms with Crippen molar-refractivity contribution in [1.82, 2.24) is 4.90 Å². The highest BCUT2D eigenvalue weighted by Gasteiger charge is 2.35. The number of aryl methyl sites for hydroxylation is 2. The highest BCUT2D eigenvalue weighted by molar-refractivity contribution is 7.49. The van der Waals surface area contributed by atoms with Crippen molar-refractivity contribution in [2.45, 2.75) is 18.9 Å². The number of hydrogen-bond donors (Lipinski definition) is 0. The first-order valence-electron chi connectivity index (χ1n) is 15.9. The number of halogens is 8. The molecule has 8 nitrogen and oxygen atoms in total. The quantitative estimate of drug-likeness (QED) is 0.0398. The normalized spacial score (nSPS) is 12.9. The number of likely N-dealkylation sites (N-methyl/N-ethyl adjacent to an activating group) is 1. The van der Waals surface area contributed by atoms with Gasteiger partial charge in [0.25, 0.3) is 0 Å². The zero-order valence-electron chi connectivity index (χ0n) is 29.0. The van der Waals surface area contributed by atoms with Gasteiger partial charge in [-0.15, -0.1) is 0 Å². The van der Waals surface area contributed by atoms with Crippen LogP contribution in [0.5, 0.6) is 11.5 Å². The topological polar surface area (TPSA) is 75.7 Å². The molecule has 0 bridgehead atoms. The van der Waals surface area contributed by atoms with E-state index in [4.69, 9.17) is 121 Å². The van der Waals surface area contributed by atoms with Crippen LogP contribution in [0.3, 0.4) is 0 Å². The number of phosphoric ester groups is 1. The molecule has 0 heterocycles. The van der Waals surface area contributed by atoms with E-state index in [-0.39, 0.29) is 59.4 Å². The van der Waals surface area contributed by atoms with Crippen molar-refractivity contribution in [2.24, 2.45) is 0 Å². The van der Waals surface area contributed by atoms with E-state index in [0.717, 1.165) is 40.8 Å². The fourth-order valence-corrected chi connectivity index (χ4v) is 7.73. The van der Waals surface area contributed by atoms with Gasteiger partial charge in [-0.05, 0) is 80.5 Å². The molecule has 4 rings (SSSR count). The second kappa shape index (κ2) is 21.5. The van der Waals surface area contributed by atoms with Gasteiger partial charge in [0, 0.05) is 28.7 Å². The summed E-state index contributed by atoms with van der Waals surface area (Å²) in [6.45, 7) is -0.0914. The molecule has 0 aliphatic heterocycles. The molecular weight excluding hydrogens is 885 g/mol. The molecule has 17 heteroatoms. The third-order valence-electron chi connectivity index (χ3n) is 7.47. The predicted molar refractivity (Wildman–Crippen MR) is 222 cm³/mol. The van der Waals surface area contributed by atoms with E-state index in [1.807, 2.05) is 61.5 Å². The maximum Gasteiger partial charge on any atom is 0.589 e. The number of nitrogens with zero attached hydrogens (tertiary/aromatic N) is 1. The molecule has 0 aromatic heterocycles. The number of para-hydroxylation sites is 1. The SMILES string of the molecule is COc1cccc(CCc2ccccc2OC[C@@H](CN(C)C)OCOP(=O)(O/C(=C/Cl)c2cc(Cl)c(Cl)cc2Cl)O/C(=C/Cl)c2cc(Cl)c(Cl)cc2Cl)c1. The number of methoxy groups -OCH3 is 1. The summed E-state index contributed by atoms with van der Waals surface area (Å²) in [5.74, 6) is 1.01. The van der Waals surface area contributed by atoms with Gasteiger partial charge < -0.3 is 28.2 Å². The zero-order chi connectivity index (χ0) is 39.4. The summed E-state index contributed by atoms with van der Waals surface area (Å²) in [6, 6.07) is 21.1. The molecule has 0 aliphatic carbocycles. The zero-order valence-corrected chi connectivity index (χ0v) is 35.9. The van der Waals surface area contributed by atoms with Crippen LogP contribution in [0.2, 0.25) is 30.1 Å². The van der Waals surface area contributed by atoms with Gasteiger partial charge in [-0.1, -0.05) is 123 Å². The average Bonchev–Trinajstić information content (AvgIpc) is 3.14. The van der Waals surface area contributed by atoms with Crippen LogP contribution in [0.4, 0.5) is 0 Å². The second-order valence-electron chi connectivity index (χ2n) is 11.6. The first-order valence-corrected chi connectivity index (χ1v) is 20.5. The Balaban J connectivity index is 1.54. The summed E-state index contributed by atoms with van der Waals surface area (Å²) >= 11 is 49.8. The molecule has 4 aromatic rings. The lowest BCUT2D eigenvalue weighted by molar-refractivity contribution is -0.0686. The summed E-state index contributed by atoms with van der Waals surface area (Å²) < 4.78 is 49.5. The van der Waals surface area contributed by atoms with Crippen molar-refractivity contribution >= 4 is 112 Å². The third kappa shape index (κ3) is 13.0. The predicted octanol–water partition coefficient (Wildman–Crippen LogP) is 13.3. The Morgan fingerprint density at radius 3 is 1.87 bits per heavy atom. The monoisotopic (exact) mass is 915 g/mol. The Morgan fingerprint density at radius 1 is 0.741 bits per heavy atom. The minimum atomic E-state index is -4.77. The van der Waals surface area contributed by atoms with Crippen LogP contribution in [0.1, 0.15) is 22.3 Å². The Bertz CT molecular complexity index is 1930. The molecule has 1 atom stereocenters. The number of ether oxygens (including phenoxy) is 3. The van der Waals surface area contributed by atoms with Gasteiger partial charge in [-0.25, -0.2) is 9.09 Å². The van der Waals surface area contributed by atoms with E-state index >= 15 is 0 Å². The highest BCUT2D eigenvalue weighted by Crippen LogP contribution is 2.57. The molecule has 0 unspecified atom stereocenters. The fraction of sp³-hybridized carbons (Fsp3) is 0.243. The summed E-state index contributed by atoms with van der Waals surface area (Å²) in [5, 5.41) is 0.719. The minimum Gasteiger partial charge on any atom is -0.497 e. The summed E-state index contributed by atoms with van der Waals surface area (Å²) in [5.41, 5.74) is 4.33. The average molecular weight is 919 g/mol. The highest BCUT2D eigenvalue weighted by atomic mass is 35.5. The van der Waals surface area contributed by atoms with Crippen LogP contribution in [0.25, 0.3) is 11.5 Å². The van der Waals surface area contributed by atoms with E-state index in [1.165, 1.54) is 24.3 Å². The van der Waals surface area contributed by atoms with E-state index in [0.29, 0.717) is 12.3 Å². The van der Waals surface area contributed by atoms with Crippen molar-refractivity contribution in [2.75, 3.05) is 41.1 Å². The molecule has 290 valence electrons. The van der Waals surface area contributed by atoms with Gasteiger partial charge in [0.2, 0.25) is 0 Å². The lowest BCUT2D eigenvalue weighted by Crippen LogP contribution is -2.34. The van der Waals surface area contributed by atoms with Gasteiger partial charge in [0.1, 0.15) is 24.2 Å². The molecule has 0 radical (unpaired) electrons. The van der Waals surface area contributed by atoms with Crippen molar-refractivity contribution in [3.8, 4) is 11.5 Å². The lowest BCUT2D eigenvalue weighted by atomic mass is 10.0. The Morgan fingerprint density at radius 2 is 1.31 bits per heavy atom. The lowest BCUT2D eigenvalue weighted by Gasteiger charge is -2.25. The fourth-order valence-electron chi connectivity index (χ4n) is 4.88. The third-order valence-corrected chi connectivity index (χ3v) is 11.2. The van der Waals surface area contributed by atoms with Crippen LogP contribution >= 0.6 is 101 Å². The molecule has 0 amide bonds. The van der Waals surface area contributed by atoms with Crippen molar-refractivity contribution < 1.29 is 32.3 Å². The van der Waals surface area contributed by atoms with Gasteiger partial charge in [0.15, 0.2) is 18.3 Å². The molecule has 0 saturated carbocycles. The maximum atomic E-state index is 14.5. The van der Waals surface area contributed by atoms with Gasteiger partial charge in [-0.2, -0.15) is 0 Å². The van der Waals surface area contributed by atoms with E-state index in [9.17, 15) is 4.57 Å². The van der Waals surface area contributed by atoms with Gasteiger partial charge in [-0.3, -0.25) is 0 Å². The van der Waals surface area contributed by atoms with Crippen LogP contribution in [-0.2, 0) is 35.7 Å². The molecule has 0 saturated heterocycles. The van der Waals surface area contributed by atoms with Gasteiger partial charge in [0.05, 0.1) is 37.2 Å². The Hall–Kier alpha value is -2.01. The molecular formula is C37H34Cl8NO7P. The number of benzene rings is 4. The number of hydrogen-bond acceptors (Lipinski definition) is 8. The first kappa shape index (κ1) is 44.7. The van der Waals surface area contributed by atoms with Crippen molar-refractivity contribution in [3.05, 3.63) is 136 Å². The molecule has 4 aromatic carbocycles. The summed E-state index contributed by atoms with van der Waals surface area (Å²) in [4.78, 5) is 1.90. The van der Waals surface area contributed by atoms with Crippen LogP contribution in [0.15, 0.2) is 83.9 Å². The van der Waals surface area contributed by atoms with E-state index in [2.05, 4.69) is 6.07 Å². The molecule has 0 N–H and O–H groups in total. The standard InChI is InChI=1S/C37H34Cl8NO7P/c1-46(2)20-26(21-49-35-10-5-4-8-24(35)12-11-23-7-6-9-25(13-23)48-3)50-22-51-54(47,52-36(18-38)27-14-31(42)33(44)16-29(27)40)53-37(19-39)28-15-32(43)34(45)17-30(28)41/h4-10,13-19,26H,11-12,20-22H2,1-3H3/b36-18+,37-19+/t26-/m1/s1. The smallest absolute Gasteiger partial charge is 0.497 e. The van der Waals surface area contributed by atoms with E-state index in [1.54, 1.807) is 7.11 Å². The second-order valence-corrected chi connectivity index (χ2v) is 16.0. The van der Waals surface area contributed by atoms with Crippen LogP contribution in [0, 0.1) is 0 Å². The van der Waals surface area contributed by atoms with Crippen LogP contribution in [-0.4, -0.2) is 52.2 Å².